The lowest BCUT2D eigenvalue weighted by atomic mass is 9.50. The van der Waals surface area contributed by atoms with E-state index in [4.69, 9.17) is 4.74 Å². The van der Waals surface area contributed by atoms with Gasteiger partial charge in [-0.15, -0.1) is 0 Å². The maximum Gasteiger partial charge on any atom is 0.139 e. The minimum absolute atomic E-state index is 0.0378. The van der Waals surface area contributed by atoms with Gasteiger partial charge in [0.05, 0.1) is 0 Å². The second kappa shape index (κ2) is 6.06. The van der Waals surface area contributed by atoms with Crippen LogP contribution >= 0.6 is 0 Å². The fourth-order valence-electron chi connectivity index (χ4n) is 5.77. The van der Waals surface area contributed by atoms with Crippen LogP contribution in [0.2, 0.25) is 0 Å². The number of hydrogen-bond acceptors (Lipinski definition) is 2. The van der Waals surface area contributed by atoms with Crippen molar-refractivity contribution in [2.24, 2.45) is 17.3 Å². The van der Waals surface area contributed by atoms with Crippen LogP contribution in [0.25, 0.3) is 0 Å². The van der Waals surface area contributed by atoms with Gasteiger partial charge in [-0.05, 0) is 79.5 Å². The van der Waals surface area contributed by atoms with Gasteiger partial charge in [0.1, 0.15) is 18.1 Å². The topological polar surface area (TPSA) is 26.3 Å². The second-order valence-electron chi connectivity index (χ2n) is 8.15. The van der Waals surface area contributed by atoms with Gasteiger partial charge in [0.15, 0.2) is 0 Å². The molecule has 1 aromatic rings. The second-order valence-corrected chi connectivity index (χ2v) is 8.15. The minimum Gasteiger partial charge on any atom is -0.490 e. The van der Waals surface area contributed by atoms with Gasteiger partial charge in [0.25, 0.3) is 0 Å². The van der Waals surface area contributed by atoms with E-state index in [9.17, 15) is 4.79 Å². The van der Waals surface area contributed by atoms with E-state index in [1.807, 2.05) is 0 Å². The van der Waals surface area contributed by atoms with Crippen LogP contribution in [0.3, 0.4) is 0 Å². The molecule has 0 spiro atoms. The van der Waals surface area contributed by atoms with Crippen LogP contribution in [0.5, 0.6) is 5.75 Å². The summed E-state index contributed by atoms with van der Waals surface area (Å²) >= 11 is 0. The highest BCUT2D eigenvalue weighted by Gasteiger charge is 2.52. The maximum absolute atomic E-state index is 12.6. The van der Waals surface area contributed by atoms with Crippen molar-refractivity contribution in [2.75, 3.05) is 6.61 Å². The van der Waals surface area contributed by atoms with Crippen molar-refractivity contribution >= 4 is 5.78 Å². The molecule has 2 nitrogen and oxygen atoms in total. The van der Waals surface area contributed by atoms with Gasteiger partial charge in [0.2, 0.25) is 0 Å². The van der Waals surface area contributed by atoms with Crippen molar-refractivity contribution < 1.29 is 9.53 Å². The van der Waals surface area contributed by atoms with Crippen LogP contribution in [0, 0.1) is 17.3 Å². The number of carbonyl (C=O) groups is 1. The molecule has 4 rings (SSSR count). The minimum atomic E-state index is -0.0378. The molecule has 0 bridgehead atoms. The Balaban J connectivity index is 1.62. The highest BCUT2D eigenvalue weighted by molar-refractivity contribution is 5.85. The number of fused-ring (bicyclic) bond motifs is 5. The van der Waals surface area contributed by atoms with E-state index < -0.39 is 0 Å². The van der Waals surface area contributed by atoms with Crippen molar-refractivity contribution in [3.05, 3.63) is 42.0 Å². The first kappa shape index (κ1) is 15.9. The smallest absolute Gasteiger partial charge is 0.139 e. The molecule has 0 aliphatic heterocycles. The average molecular weight is 324 g/mol. The highest BCUT2D eigenvalue weighted by atomic mass is 16.5. The number of benzene rings is 1. The molecule has 0 heterocycles. The molecule has 3 aliphatic rings. The lowest BCUT2D eigenvalue weighted by Crippen LogP contribution is -2.49. The van der Waals surface area contributed by atoms with E-state index in [-0.39, 0.29) is 5.41 Å². The van der Waals surface area contributed by atoms with Crippen LogP contribution < -0.4 is 4.74 Å². The third-order valence-corrected chi connectivity index (χ3v) is 7.01. The summed E-state index contributed by atoms with van der Waals surface area (Å²) in [5.74, 6) is 3.44. The summed E-state index contributed by atoms with van der Waals surface area (Å²) in [5, 5.41) is 0. The summed E-state index contributed by atoms with van der Waals surface area (Å²) in [6.07, 6.45) is 9.55. The van der Waals surface area contributed by atoms with Crippen LogP contribution in [-0.2, 0) is 11.2 Å². The zero-order valence-corrected chi connectivity index (χ0v) is 14.7. The van der Waals surface area contributed by atoms with E-state index in [2.05, 4.69) is 31.7 Å². The summed E-state index contributed by atoms with van der Waals surface area (Å²) in [5.41, 5.74) is 2.95. The van der Waals surface area contributed by atoms with Crippen LogP contribution in [0.15, 0.2) is 30.9 Å². The van der Waals surface area contributed by atoms with Gasteiger partial charge >= 0.3 is 0 Å². The van der Waals surface area contributed by atoms with Crippen molar-refractivity contribution in [1.82, 2.24) is 0 Å². The lowest BCUT2D eigenvalue weighted by molar-refractivity contribution is -0.140. The Labute approximate surface area is 145 Å². The molecule has 0 N–H and O–H groups in total. The Hall–Kier alpha value is -1.57. The van der Waals surface area contributed by atoms with Crippen molar-refractivity contribution in [3.8, 4) is 5.75 Å². The summed E-state index contributed by atoms with van der Waals surface area (Å²) in [6, 6.07) is 6.64. The van der Waals surface area contributed by atoms with Gasteiger partial charge in [-0.1, -0.05) is 25.6 Å². The van der Waals surface area contributed by atoms with Crippen LogP contribution in [0.1, 0.15) is 62.5 Å². The predicted molar refractivity (Wildman–Crippen MR) is 96.4 cm³/mol. The number of ketones is 1. The number of Topliss-reactive ketones (excluding diaryl/α,β-unsaturated/α-hetero) is 1. The van der Waals surface area contributed by atoms with Crippen molar-refractivity contribution in [2.45, 2.75) is 57.8 Å². The Morgan fingerprint density at radius 2 is 2.17 bits per heavy atom. The molecule has 1 aromatic carbocycles. The Kier molecular flexibility index (Phi) is 4.02. The zero-order chi connectivity index (χ0) is 16.7. The maximum atomic E-state index is 12.6. The van der Waals surface area contributed by atoms with Gasteiger partial charge in [-0.3, -0.25) is 4.79 Å². The molecule has 0 unspecified atom stereocenters. The summed E-state index contributed by atoms with van der Waals surface area (Å²) in [4.78, 5) is 12.6. The monoisotopic (exact) mass is 324 g/mol. The quantitative estimate of drug-likeness (QED) is 0.726. The van der Waals surface area contributed by atoms with Gasteiger partial charge < -0.3 is 4.74 Å². The van der Waals surface area contributed by atoms with E-state index in [0.717, 1.165) is 31.4 Å². The largest absolute Gasteiger partial charge is 0.490 e. The number of aryl methyl sites for hydroxylation is 1. The molecule has 2 heteroatoms. The van der Waals surface area contributed by atoms with Gasteiger partial charge in [-0.25, -0.2) is 0 Å². The third kappa shape index (κ3) is 2.42. The van der Waals surface area contributed by atoms with E-state index in [1.165, 1.54) is 30.4 Å². The summed E-state index contributed by atoms with van der Waals surface area (Å²) in [7, 11) is 0. The summed E-state index contributed by atoms with van der Waals surface area (Å²) < 4.78 is 5.71. The standard InChI is InChI=1S/C22H28O2/c1-3-13-24-16-8-10-17-15(14-16)7-9-19-18(17)11-12-22(2)20(19)5-4-6-21(22)23/h3,8,10,14,18-20H,1,4-7,9,11-13H2,2H3/t18-,19-,20+,22+/m1/s1. The molecule has 0 radical (unpaired) electrons. The fraction of sp³-hybridized carbons (Fsp3) is 0.591. The fourth-order valence-corrected chi connectivity index (χ4v) is 5.77. The van der Waals surface area contributed by atoms with Crippen LogP contribution in [0.4, 0.5) is 0 Å². The average Bonchev–Trinajstić information content (AvgIpc) is 2.60. The first-order chi connectivity index (χ1) is 11.6. The summed E-state index contributed by atoms with van der Waals surface area (Å²) in [6.45, 7) is 6.54. The molecular weight excluding hydrogens is 296 g/mol. The molecule has 0 amide bonds. The number of rotatable bonds is 3. The number of ether oxygens (including phenoxy) is 1. The SMILES string of the molecule is C=CCOc1ccc2c(c1)CC[C@@H]1[C@@H]2CC[C@]2(C)C(=O)CCC[C@@H]12. The first-order valence-corrected chi connectivity index (χ1v) is 9.53. The molecule has 2 fully saturated rings. The molecule has 0 aromatic heterocycles. The van der Waals surface area contributed by atoms with Gasteiger partial charge in [0, 0.05) is 11.8 Å². The molecule has 4 atom stereocenters. The first-order valence-electron chi connectivity index (χ1n) is 9.53. The lowest BCUT2D eigenvalue weighted by Gasteiger charge is -2.53. The van der Waals surface area contributed by atoms with E-state index in [0.29, 0.717) is 30.1 Å². The molecule has 3 aliphatic carbocycles. The Bertz CT molecular complexity index is 662. The number of hydrogen-bond donors (Lipinski definition) is 0. The molecule has 0 saturated heterocycles. The van der Waals surface area contributed by atoms with Gasteiger partial charge in [-0.2, -0.15) is 0 Å². The normalized spacial score (nSPS) is 34.7. The van der Waals surface area contributed by atoms with E-state index >= 15 is 0 Å². The Morgan fingerprint density at radius 1 is 1.29 bits per heavy atom. The zero-order valence-electron chi connectivity index (χ0n) is 14.7. The third-order valence-electron chi connectivity index (χ3n) is 7.01. The van der Waals surface area contributed by atoms with E-state index in [1.54, 1.807) is 6.08 Å². The molecule has 128 valence electrons. The molecule has 2 saturated carbocycles. The molecule has 24 heavy (non-hydrogen) atoms. The Morgan fingerprint density at radius 3 is 3.00 bits per heavy atom. The van der Waals surface area contributed by atoms with Crippen LogP contribution in [-0.4, -0.2) is 12.4 Å². The highest BCUT2D eigenvalue weighted by Crippen LogP contribution is 2.58. The molecular formula is C22H28O2. The van der Waals surface area contributed by atoms with Crippen molar-refractivity contribution in [1.29, 1.82) is 0 Å². The number of carbonyl (C=O) groups excluding carboxylic acids is 1. The van der Waals surface area contributed by atoms with Crippen molar-refractivity contribution in [3.63, 3.8) is 0 Å². The predicted octanol–water partition coefficient (Wildman–Crippen LogP) is 5.07.